The summed E-state index contributed by atoms with van der Waals surface area (Å²) in [4.78, 5) is 0. The van der Waals surface area contributed by atoms with E-state index in [1.165, 1.54) is 66.1 Å². The molecule has 0 aliphatic carbocycles. The summed E-state index contributed by atoms with van der Waals surface area (Å²) in [6, 6.07) is 129. The second-order valence-electron chi connectivity index (χ2n) is 24.4. The van der Waals surface area contributed by atoms with Crippen LogP contribution in [0.5, 0.6) is 23.0 Å². The highest BCUT2D eigenvalue weighted by Gasteiger charge is 2.48. The number of fused-ring (bicyclic) bond motifs is 8. The van der Waals surface area contributed by atoms with Crippen LogP contribution in [-0.2, 0) is 10.8 Å². The van der Waals surface area contributed by atoms with E-state index in [4.69, 9.17) is 9.47 Å². The van der Waals surface area contributed by atoms with Gasteiger partial charge in [0.1, 0.15) is 23.0 Å². The molecule has 2 nitrogen and oxygen atoms in total. The molecule has 0 N–H and O–H groups in total. The standard InChI is InChI=1S/C90H58O2/c1-7-28-59(29-8-1)66-40-23-44-70-75(66)57-76-67(60-30-9-2-10-31-60)41-24-45-71(76)86(70)87-72-46-25-42-68(61-54-55-84-81(56-61)89(62-32-11-3-12-33-62,63-34-13-4-14-35-63)79-49-19-21-51-82(79)91-84)77(72)58-78-69(43-26-47-73(78)87)74-48-27-53-85-88(74)90(64-36-15-5-16-37-64,65-38-17-6-18-39-65)80-50-20-22-52-83(80)92-85/h1-58H. The third-order valence-electron chi connectivity index (χ3n) is 19.7. The molecule has 0 saturated carbocycles. The predicted molar refractivity (Wildman–Crippen MR) is 380 cm³/mol. The minimum absolute atomic E-state index is 0.718. The van der Waals surface area contributed by atoms with Crippen LogP contribution in [0.3, 0.4) is 0 Å². The van der Waals surface area contributed by atoms with Gasteiger partial charge < -0.3 is 9.47 Å². The molecule has 0 spiro atoms. The second kappa shape index (κ2) is 21.4. The van der Waals surface area contributed by atoms with Crippen molar-refractivity contribution in [2.75, 3.05) is 0 Å². The molecule has 16 aromatic carbocycles. The lowest BCUT2D eigenvalue weighted by Crippen LogP contribution is -2.34. The molecule has 92 heavy (non-hydrogen) atoms. The zero-order valence-corrected chi connectivity index (χ0v) is 50.3. The smallest absolute Gasteiger partial charge is 0.132 e. The SMILES string of the molecule is c1ccc(-c2cccc3c(-c4c5cccc(-c6ccc7c(c6)C(c6ccccc6)(c6ccccc6)c6ccccc6O7)c5cc5c(-c6cccc7c6C(c6ccccc6)(c6ccccc6)c6ccccc6O7)cccc45)c4cccc(-c5ccccc5)c4cc23)cc1. The Morgan fingerprint density at radius 3 is 0.978 bits per heavy atom. The van der Waals surface area contributed by atoms with E-state index in [0.717, 1.165) is 100 Å². The summed E-state index contributed by atoms with van der Waals surface area (Å²) in [6.45, 7) is 0. The summed E-state index contributed by atoms with van der Waals surface area (Å²) < 4.78 is 14.3. The number of ether oxygens (including phenoxy) is 2. The van der Waals surface area contributed by atoms with E-state index in [1.807, 2.05) is 0 Å². The fraction of sp³-hybridized carbons (Fsp3) is 0.0222. The maximum absolute atomic E-state index is 7.22. The monoisotopic (exact) mass is 1170 g/mol. The maximum Gasteiger partial charge on any atom is 0.132 e. The molecule has 2 aliphatic heterocycles. The Balaban J connectivity index is 0.997. The fourth-order valence-electron chi connectivity index (χ4n) is 16.0. The molecule has 0 bridgehead atoms. The molecule has 430 valence electrons. The van der Waals surface area contributed by atoms with Crippen molar-refractivity contribution < 1.29 is 9.47 Å². The molecule has 16 aromatic rings. The molecule has 2 heterocycles. The first-order chi connectivity index (χ1) is 45.7. The summed E-state index contributed by atoms with van der Waals surface area (Å²) in [6.07, 6.45) is 0. The van der Waals surface area contributed by atoms with Gasteiger partial charge in [-0.15, -0.1) is 0 Å². The number of benzene rings is 16. The molecular formula is C90H58O2. The van der Waals surface area contributed by atoms with Crippen molar-refractivity contribution in [3.63, 3.8) is 0 Å². The van der Waals surface area contributed by atoms with Crippen LogP contribution < -0.4 is 9.47 Å². The summed E-state index contributed by atoms with van der Waals surface area (Å²) in [5.74, 6) is 3.35. The average Bonchev–Trinajstić information content (AvgIpc) is 0.711. The molecule has 0 fully saturated rings. The molecule has 0 saturated heterocycles. The van der Waals surface area contributed by atoms with Gasteiger partial charge in [-0.3, -0.25) is 0 Å². The van der Waals surface area contributed by atoms with Crippen LogP contribution in [0.1, 0.15) is 44.5 Å². The lowest BCUT2D eigenvalue weighted by Gasteiger charge is -2.42. The lowest BCUT2D eigenvalue weighted by molar-refractivity contribution is 0.434. The Morgan fingerprint density at radius 1 is 0.185 bits per heavy atom. The Labute approximate surface area is 535 Å². The van der Waals surface area contributed by atoms with Gasteiger partial charge in [0.2, 0.25) is 0 Å². The average molecular weight is 1170 g/mol. The molecule has 2 heteroatoms. The quantitative estimate of drug-likeness (QED) is 0.134. The number of hydrogen-bond acceptors (Lipinski definition) is 2. The first-order valence-corrected chi connectivity index (χ1v) is 31.8. The van der Waals surface area contributed by atoms with Crippen LogP contribution in [0.4, 0.5) is 0 Å². The molecule has 0 unspecified atom stereocenters. The first kappa shape index (κ1) is 53.2. The summed E-state index contributed by atoms with van der Waals surface area (Å²) in [5.41, 5.74) is 19.0. The van der Waals surface area contributed by atoms with Crippen molar-refractivity contribution >= 4 is 43.1 Å². The summed E-state index contributed by atoms with van der Waals surface area (Å²) >= 11 is 0. The van der Waals surface area contributed by atoms with Crippen LogP contribution in [0, 0.1) is 0 Å². The number of hydrogen-bond donors (Lipinski definition) is 0. The highest BCUT2D eigenvalue weighted by molar-refractivity contribution is 6.28. The van der Waals surface area contributed by atoms with Crippen LogP contribution in [0.15, 0.2) is 352 Å². The Hall–Kier alpha value is -11.8. The molecular weight excluding hydrogens is 1110 g/mol. The van der Waals surface area contributed by atoms with Gasteiger partial charge in [0, 0.05) is 22.3 Å². The molecule has 18 rings (SSSR count). The zero-order chi connectivity index (χ0) is 60.7. The Bertz CT molecular complexity index is 5370. The fourth-order valence-corrected chi connectivity index (χ4v) is 16.0. The minimum Gasteiger partial charge on any atom is -0.457 e. The molecule has 2 aliphatic rings. The van der Waals surface area contributed by atoms with Gasteiger partial charge >= 0.3 is 0 Å². The number of para-hydroxylation sites is 2. The van der Waals surface area contributed by atoms with E-state index in [2.05, 4.69) is 352 Å². The lowest BCUT2D eigenvalue weighted by atomic mass is 9.62. The highest BCUT2D eigenvalue weighted by atomic mass is 16.5. The van der Waals surface area contributed by atoms with Crippen LogP contribution in [0.25, 0.3) is 98.7 Å². The van der Waals surface area contributed by atoms with Crippen molar-refractivity contribution in [3.8, 4) is 78.6 Å². The van der Waals surface area contributed by atoms with Gasteiger partial charge in [0.15, 0.2) is 0 Å². The Kier molecular flexibility index (Phi) is 12.4. The largest absolute Gasteiger partial charge is 0.457 e. The molecule has 0 atom stereocenters. The first-order valence-electron chi connectivity index (χ1n) is 31.8. The minimum atomic E-state index is -0.780. The molecule has 0 radical (unpaired) electrons. The second-order valence-corrected chi connectivity index (χ2v) is 24.4. The normalized spacial score (nSPS) is 13.3. The van der Waals surface area contributed by atoms with Gasteiger partial charge in [0.25, 0.3) is 0 Å². The van der Waals surface area contributed by atoms with E-state index in [9.17, 15) is 0 Å². The van der Waals surface area contributed by atoms with Crippen molar-refractivity contribution in [3.05, 3.63) is 396 Å². The van der Waals surface area contributed by atoms with Crippen LogP contribution in [-0.4, -0.2) is 0 Å². The van der Waals surface area contributed by atoms with Gasteiger partial charge in [-0.05, 0) is 163 Å². The van der Waals surface area contributed by atoms with Gasteiger partial charge in [-0.25, -0.2) is 0 Å². The van der Waals surface area contributed by atoms with Crippen LogP contribution in [0.2, 0.25) is 0 Å². The summed E-state index contributed by atoms with van der Waals surface area (Å²) in [7, 11) is 0. The van der Waals surface area contributed by atoms with E-state index in [1.54, 1.807) is 0 Å². The van der Waals surface area contributed by atoms with E-state index in [-0.39, 0.29) is 0 Å². The zero-order valence-electron chi connectivity index (χ0n) is 50.3. The topological polar surface area (TPSA) is 18.5 Å². The van der Waals surface area contributed by atoms with Gasteiger partial charge in [0.05, 0.1) is 10.8 Å². The van der Waals surface area contributed by atoms with Crippen molar-refractivity contribution in [1.29, 1.82) is 0 Å². The van der Waals surface area contributed by atoms with Crippen molar-refractivity contribution in [2.45, 2.75) is 10.8 Å². The Morgan fingerprint density at radius 2 is 0.511 bits per heavy atom. The van der Waals surface area contributed by atoms with E-state index < -0.39 is 10.8 Å². The van der Waals surface area contributed by atoms with E-state index in [0.29, 0.717) is 0 Å². The van der Waals surface area contributed by atoms with Gasteiger partial charge in [-0.1, -0.05) is 309 Å². The predicted octanol–water partition coefficient (Wildman–Crippen LogP) is 23.6. The van der Waals surface area contributed by atoms with Gasteiger partial charge in [-0.2, -0.15) is 0 Å². The molecule has 0 aromatic heterocycles. The highest BCUT2D eigenvalue weighted by Crippen LogP contribution is 2.60. The number of rotatable bonds is 9. The third-order valence-corrected chi connectivity index (χ3v) is 19.7. The van der Waals surface area contributed by atoms with Crippen LogP contribution >= 0.6 is 0 Å². The van der Waals surface area contributed by atoms with Crippen molar-refractivity contribution in [2.24, 2.45) is 0 Å². The maximum atomic E-state index is 7.22. The van der Waals surface area contributed by atoms with E-state index >= 15 is 0 Å². The summed E-state index contributed by atoms with van der Waals surface area (Å²) in [5, 5.41) is 9.33. The van der Waals surface area contributed by atoms with Crippen molar-refractivity contribution in [1.82, 2.24) is 0 Å². The molecule has 0 amide bonds. The third kappa shape index (κ3) is 8.00.